The molecule has 4 N–H and O–H groups in total. The number of hydrogen-bond donors (Lipinski definition) is 4. The van der Waals surface area contributed by atoms with E-state index in [4.69, 9.17) is 9.47 Å². The van der Waals surface area contributed by atoms with Crippen LogP contribution in [0.2, 0.25) is 0 Å². The molecule has 170 valence electrons. The first kappa shape index (κ1) is 21.2. The Hall–Kier alpha value is -2.63. The van der Waals surface area contributed by atoms with E-state index in [1.165, 1.54) is 12.7 Å². The summed E-state index contributed by atoms with van der Waals surface area (Å²) in [6, 6.07) is 10.2. The Morgan fingerprint density at radius 3 is 2.72 bits per heavy atom. The molecular weight excluding hydrogens is 414 g/mol. The molecule has 32 heavy (non-hydrogen) atoms. The standard InChI is InChI=1S/C22H27N5O5/c28-9-16-18(29)19(30)22(32-16)27-12-25-17-20(23-11-24-21(17)27)26-14-7-4-8-15(14)31-10-13-5-2-1-3-6-13/h1-3,5-6,11-12,14-16,18-19,22,28-30H,4,7-10H2,(H,23,24,26)/t14?,15-,16-,18-,19-,22-/m1/s1. The van der Waals surface area contributed by atoms with Crippen LogP contribution in [0.3, 0.4) is 0 Å². The quantitative estimate of drug-likeness (QED) is 0.423. The van der Waals surface area contributed by atoms with Crippen LogP contribution in [-0.4, -0.2) is 71.9 Å². The Labute approximate surface area is 184 Å². The van der Waals surface area contributed by atoms with Gasteiger partial charge in [-0.2, -0.15) is 0 Å². The fourth-order valence-corrected chi connectivity index (χ4v) is 4.50. The van der Waals surface area contributed by atoms with Crippen molar-refractivity contribution in [2.24, 2.45) is 0 Å². The second kappa shape index (κ2) is 9.08. The van der Waals surface area contributed by atoms with Gasteiger partial charge in [0.1, 0.15) is 24.6 Å². The minimum absolute atomic E-state index is 0.0581. The van der Waals surface area contributed by atoms with Crippen LogP contribution >= 0.6 is 0 Å². The molecule has 1 saturated carbocycles. The Bertz CT molecular complexity index is 1050. The molecule has 3 heterocycles. The number of anilines is 1. The Morgan fingerprint density at radius 1 is 1.09 bits per heavy atom. The van der Waals surface area contributed by atoms with E-state index in [2.05, 4.69) is 32.4 Å². The largest absolute Gasteiger partial charge is 0.394 e. The maximum Gasteiger partial charge on any atom is 0.167 e. The second-order valence-electron chi connectivity index (χ2n) is 8.29. The van der Waals surface area contributed by atoms with Crippen LogP contribution < -0.4 is 5.32 Å². The normalized spacial score (nSPS) is 30.2. The van der Waals surface area contributed by atoms with Crippen molar-refractivity contribution in [2.75, 3.05) is 11.9 Å². The van der Waals surface area contributed by atoms with Crippen molar-refractivity contribution in [1.82, 2.24) is 19.5 Å². The highest BCUT2D eigenvalue weighted by molar-refractivity contribution is 5.82. The first-order valence-corrected chi connectivity index (χ1v) is 10.9. The average molecular weight is 441 g/mol. The van der Waals surface area contributed by atoms with Crippen molar-refractivity contribution in [3.8, 4) is 0 Å². The number of fused-ring (bicyclic) bond motifs is 1. The van der Waals surface area contributed by atoms with Gasteiger partial charge in [-0.15, -0.1) is 0 Å². The number of aliphatic hydroxyl groups excluding tert-OH is 3. The summed E-state index contributed by atoms with van der Waals surface area (Å²) in [4.78, 5) is 13.1. The lowest BCUT2D eigenvalue weighted by molar-refractivity contribution is -0.0511. The summed E-state index contributed by atoms with van der Waals surface area (Å²) in [5, 5.41) is 33.3. The number of rotatable bonds is 7. The van der Waals surface area contributed by atoms with Crippen molar-refractivity contribution in [3.63, 3.8) is 0 Å². The molecule has 2 aromatic heterocycles. The maximum absolute atomic E-state index is 10.4. The molecule has 1 unspecified atom stereocenters. The third kappa shape index (κ3) is 3.96. The van der Waals surface area contributed by atoms with Gasteiger partial charge in [-0.1, -0.05) is 30.3 Å². The van der Waals surface area contributed by atoms with Gasteiger partial charge in [0.2, 0.25) is 0 Å². The van der Waals surface area contributed by atoms with Gasteiger partial charge in [0.05, 0.1) is 31.7 Å². The zero-order valence-electron chi connectivity index (χ0n) is 17.5. The van der Waals surface area contributed by atoms with E-state index in [1.807, 2.05) is 18.2 Å². The van der Waals surface area contributed by atoms with Crippen LogP contribution in [0.25, 0.3) is 11.2 Å². The molecule has 1 aromatic carbocycles. The summed E-state index contributed by atoms with van der Waals surface area (Å²) in [5.74, 6) is 0.584. The van der Waals surface area contributed by atoms with Gasteiger partial charge in [0.25, 0.3) is 0 Å². The molecule has 2 aliphatic rings. The molecule has 0 bridgehead atoms. The lowest BCUT2D eigenvalue weighted by Gasteiger charge is -2.22. The van der Waals surface area contributed by atoms with Gasteiger partial charge >= 0.3 is 0 Å². The summed E-state index contributed by atoms with van der Waals surface area (Å²) in [6.07, 6.45) is 1.81. The van der Waals surface area contributed by atoms with E-state index < -0.39 is 31.1 Å². The Kier molecular flexibility index (Phi) is 6.03. The van der Waals surface area contributed by atoms with Crippen molar-refractivity contribution in [2.45, 2.75) is 62.6 Å². The number of benzene rings is 1. The highest BCUT2D eigenvalue weighted by Crippen LogP contribution is 2.33. The molecule has 5 rings (SSSR count). The number of aliphatic hydroxyl groups is 3. The molecule has 1 aliphatic heterocycles. The lowest BCUT2D eigenvalue weighted by atomic mass is 10.1. The highest BCUT2D eigenvalue weighted by Gasteiger charge is 2.44. The predicted octanol–water partition coefficient (Wildman–Crippen LogP) is 0.988. The molecule has 10 heteroatoms. The van der Waals surface area contributed by atoms with E-state index in [0.29, 0.717) is 23.6 Å². The number of hydrogen-bond acceptors (Lipinski definition) is 9. The zero-order valence-corrected chi connectivity index (χ0v) is 17.5. The van der Waals surface area contributed by atoms with E-state index in [0.717, 1.165) is 24.8 Å². The Morgan fingerprint density at radius 2 is 1.94 bits per heavy atom. The first-order chi connectivity index (χ1) is 15.7. The van der Waals surface area contributed by atoms with E-state index >= 15 is 0 Å². The third-order valence-electron chi connectivity index (χ3n) is 6.23. The molecule has 10 nitrogen and oxygen atoms in total. The van der Waals surface area contributed by atoms with Gasteiger partial charge in [0.15, 0.2) is 23.2 Å². The molecule has 1 aliphatic carbocycles. The number of nitrogens with one attached hydrogen (secondary N) is 1. The molecule has 0 amide bonds. The number of ether oxygens (including phenoxy) is 2. The van der Waals surface area contributed by atoms with Gasteiger partial charge in [0, 0.05) is 0 Å². The molecule has 6 atom stereocenters. The van der Waals surface area contributed by atoms with Crippen molar-refractivity contribution in [3.05, 3.63) is 48.5 Å². The van der Waals surface area contributed by atoms with Crippen LogP contribution in [0.5, 0.6) is 0 Å². The minimum atomic E-state index is -1.21. The average Bonchev–Trinajstić information content (AvgIpc) is 3.52. The predicted molar refractivity (Wildman–Crippen MR) is 115 cm³/mol. The maximum atomic E-state index is 10.4. The molecule has 3 aromatic rings. The summed E-state index contributed by atoms with van der Waals surface area (Å²) < 4.78 is 13.4. The van der Waals surface area contributed by atoms with Crippen LogP contribution in [-0.2, 0) is 16.1 Å². The van der Waals surface area contributed by atoms with Gasteiger partial charge in [-0.25, -0.2) is 15.0 Å². The minimum Gasteiger partial charge on any atom is -0.394 e. The van der Waals surface area contributed by atoms with Crippen molar-refractivity contribution in [1.29, 1.82) is 0 Å². The van der Waals surface area contributed by atoms with E-state index in [9.17, 15) is 15.3 Å². The van der Waals surface area contributed by atoms with Crippen molar-refractivity contribution < 1.29 is 24.8 Å². The fraction of sp³-hybridized carbons (Fsp3) is 0.500. The smallest absolute Gasteiger partial charge is 0.167 e. The van der Waals surface area contributed by atoms with Gasteiger partial charge in [-0.3, -0.25) is 4.57 Å². The molecular formula is C22H27N5O5. The highest BCUT2D eigenvalue weighted by atomic mass is 16.6. The SMILES string of the molecule is OC[C@H]1O[C@@H](n2cnc3c(NC4CCC[C@H]4OCc4ccccc4)ncnc32)[C@H](O)[C@@H]1O. The van der Waals surface area contributed by atoms with Crippen molar-refractivity contribution >= 4 is 17.0 Å². The Balaban J connectivity index is 1.33. The summed E-state index contributed by atoms with van der Waals surface area (Å²) in [7, 11) is 0. The van der Waals surface area contributed by atoms with Gasteiger partial charge < -0.3 is 30.1 Å². The fourth-order valence-electron chi connectivity index (χ4n) is 4.50. The molecule has 0 radical (unpaired) electrons. The molecule has 0 spiro atoms. The summed E-state index contributed by atoms with van der Waals surface area (Å²) in [5.41, 5.74) is 2.15. The van der Waals surface area contributed by atoms with Crippen LogP contribution in [0.15, 0.2) is 43.0 Å². The second-order valence-corrected chi connectivity index (χ2v) is 8.29. The number of imidazole rings is 1. The van der Waals surface area contributed by atoms with Crippen LogP contribution in [0.1, 0.15) is 31.1 Å². The zero-order chi connectivity index (χ0) is 22.1. The summed E-state index contributed by atoms with van der Waals surface area (Å²) in [6.45, 7) is 0.165. The lowest BCUT2D eigenvalue weighted by Crippen LogP contribution is -2.33. The molecule has 2 fully saturated rings. The van der Waals surface area contributed by atoms with Crippen LogP contribution in [0, 0.1) is 0 Å². The van der Waals surface area contributed by atoms with Crippen LogP contribution in [0.4, 0.5) is 5.82 Å². The first-order valence-electron chi connectivity index (χ1n) is 10.9. The number of nitrogens with zero attached hydrogens (tertiary/aromatic N) is 4. The topological polar surface area (TPSA) is 135 Å². The third-order valence-corrected chi connectivity index (χ3v) is 6.23. The van der Waals surface area contributed by atoms with E-state index in [1.54, 1.807) is 4.57 Å². The molecule has 1 saturated heterocycles. The number of aromatic nitrogens is 4. The van der Waals surface area contributed by atoms with Gasteiger partial charge in [-0.05, 0) is 24.8 Å². The summed E-state index contributed by atoms with van der Waals surface area (Å²) >= 11 is 0. The van der Waals surface area contributed by atoms with E-state index in [-0.39, 0.29) is 12.1 Å². The monoisotopic (exact) mass is 441 g/mol.